The summed E-state index contributed by atoms with van der Waals surface area (Å²) in [5.41, 5.74) is 0.810. The molecule has 0 saturated heterocycles. The quantitative estimate of drug-likeness (QED) is 0.271. The Morgan fingerprint density at radius 1 is 1.32 bits per heavy atom. The molecule has 0 unspecified atom stereocenters. The lowest BCUT2D eigenvalue weighted by atomic mass is 10.2. The predicted octanol–water partition coefficient (Wildman–Crippen LogP) is 4.07. The molecule has 150 valence electrons. The third kappa shape index (κ3) is 6.71. The minimum Gasteiger partial charge on any atom is -0.357 e. The van der Waals surface area contributed by atoms with E-state index in [4.69, 9.17) is 16.1 Å². The summed E-state index contributed by atoms with van der Waals surface area (Å²) < 4.78 is 5.29. The van der Waals surface area contributed by atoms with Gasteiger partial charge in [0.2, 0.25) is 11.7 Å². The molecule has 2 heterocycles. The number of aromatic nitrogens is 3. The fourth-order valence-electron chi connectivity index (χ4n) is 2.36. The van der Waals surface area contributed by atoms with E-state index in [1.807, 2.05) is 25.3 Å². The molecule has 0 aliphatic rings. The molecule has 0 atom stereocenters. The van der Waals surface area contributed by atoms with Gasteiger partial charge in [0.15, 0.2) is 5.96 Å². The molecule has 28 heavy (non-hydrogen) atoms. The van der Waals surface area contributed by atoms with Gasteiger partial charge >= 0.3 is 0 Å². The number of rotatable bonds is 7. The first-order chi connectivity index (χ1) is 13.1. The predicted molar refractivity (Wildman–Crippen MR) is 124 cm³/mol. The second kappa shape index (κ2) is 11.3. The molecule has 0 spiro atoms. The number of aliphatic imine (C=N–C) groups is 1. The molecule has 10 heteroatoms. The van der Waals surface area contributed by atoms with Crippen LogP contribution in [0.15, 0.2) is 40.0 Å². The minimum atomic E-state index is 0. The molecule has 0 amide bonds. The Morgan fingerprint density at radius 3 is 2.89 bits per heavy atom. The van der Waals surface area contributed by atoms with E-state index in [9.17, 15) is 0 Å². The van der Waals surface area contributed by atoms with Gasteiger partial charge in [0, 0.05) is 41.2 Å². The Bertz CT molecular complexity index is 913. The van der Waals surface area contributed by atoms with Crippen molar-refractivity contribution < 1.29 is 4.52 Å². The summed E-state index contributed by atoms with van der Waals surface area (Å²) in [5, 5.41) is 12.2. The lowest BCUT2D eigenvalue weighted by molar-refractivity contribution is 0.380. The molecule has 0 aliphatic heterocycles. The number of nitrogens with one attached hydrogen (secondary N) is 2. The van der Waals surface area contributed by atoms with Gasteiger partial charge in [-0.25, -0.2) is 9.98 Å². The summed E-state index contributed by atoms with van der Waals surface area (Å²) >= 11 is 7.72. The van der Waals surface area contributed by atoms with Crippen LogP contribution in [0.5, 0.6) is 0 Å². The van der Waals surface area contributed by atoms with Crippen molar-refractivity contribution in [2.75, 3.05) is 13.1 Å². The van der Waals surface area contributed by atoms with Gasteiger partial charge in [-0.2, -0.15) is 4.98 Å². The average Bonchev–Trinajstić information content (AvgIpc) is 3.29. The highest BCUT2D eigenvalue weighted by molar-refractivity contribution is 14.0. The number of hydrogen-bond acceptors (Lipinski definition) is 6. The number of nitrogens with zero attached hydrogens (tertiary/aromatic N) is 4. The van der Waals surface area contributed by atoms with E-state index < -0.39 is 0 Å². The molecule has 0 fully saturated rings. The van der Waals surface area contributed by atoms with Gasteiger partial charge in [-0.05, 0) is 26.0 Å². The first kappa shape index (κ1) is 22.6. The third-order valence-corrected chi connectivity index (χ3v) is 4.78. The number of halogens is 2. The van der Waals surface area contributed by atoms with E-state index >= 15 is 0 Å². The van der Waals surface area contributed by atoms with E-state index in [-0.39, 0.29) is 24.0 Å². The Hall–Kier alpha value is -1.72. The lowest BCUT2D eigenvalue weighted by Crippen LogP contribution is -2.38. The second-order valence-corrected chi connectivity index (χ2v) is 7.51. The molecule has 2 N–H and O–H groups in total. The van der Waals surface area contributed by atoms with Crippen molar-refractivity contribution in [1.82, 2.24) is 25.8 Å². The van der Waals surface area contributed by atoms with Gasteiger partial charge in [-0.3, -0.25) is 0 Å². The number of guanidine groups is 1. The number of thiazole rings is 1. The molecular weight excluding hydrogens is 511 g/mol. The highest BCUT2D eigenvalue weighted by Crippen LogP contribution is 2.20. The van der Waals surface area contributed by atoms with Gasteiger partial charge in [-0.15, -0.1) is 35.3 Å². The standard InChI is InChI=1S/C18H21ClN6OS.HI/c1-3-20-18(21-8-7-16-22-10-12(2)27-16)23-11-15-24-17(25-26-15)13-5-4-6-14(19)9-13;/h4-6,9-10H,3,7-8,11H2,1-2H3,(H2,20,21,23);1H. The minimum absolute atomic E-state index is 0. The van der Waals surface area contributed by atoms with E-state index in [0.717, 1.165) is 30.1 Å². The summed E-state index contributed by atoms with van der Waals surface area (Å²) in [6.07, 6.45) is 2.74. The smallest absolute Gasteiger partial charge is 0.248 e. The summed E-state index contributed by atoms with van der Waals surface area (Å²) in [6, 6.07) is 7.34. The van der Waals surface area contributed by atoms with Crippen molar-refractivity contribution in [2.24, 2.45) is 4.99 Å². The summed E-state index contributed by atoms with van der Waals surface area (Å²) in [6.45, 7) is 5.88. The van der Waals surface area contributed by atoms with Crippen molar-refractivity contribution in [2.45, 2.75) is 26.8 Å². The Kier molecular flexibility index (Phi) is 9.13. The van der Waals surface area contributed by atoms with Gasteiger partial charge in [0.25, 0.3) is 0 Å². The first-order valence-electron chi connectivity index (χ1n) is 8.66. The Morgan fingerprint density at radius 2 is 2.18 bits per heavy atom. The third-order valence-electron chi connectivity index (χ3n) is 3.57. The van der Waals surface area contributed by atoms with Crippen molar-refractivity contribution in [3.63, 3.8) is 0 Å². The fourth-order valence-corrected chi connectivity index (χ4v) is 3.33. The topological polar surface area (TPSA) is 88.2 Å². The van der Waals surface area contributed by atoms with Crippen LogP contribution in [0.25, 0.3) is 11.4 Å². The maximum atomic E-state index is 6.00. The zero-order chi connectivity index (χ0) is 19.1. The Labute approximate surface area is 190 Å². The molecule has 7 nitrogen and oxygen atoms in total. The van der Waals surface area contributed by atoms with Crippen LogP contribution in [0.1, 0.15) is 22.7 Å². The summed E-state index contributed by atoms with van der Waals surface area (Å²) in [7, 11) is 0. The van der Waals surface area contributed by atoms with Crippen LogP contribution < -0.4 is 10.6 Å². The molecule has 0 bridgehead atoms. The monoisotopic (exact) mass is 532 g/mol. The van der Waals surface area contributed by atoms with Crippen molar-refractivity contribution >= 4 is 52.9 Å². The molecule has 3 aromatic rings. The Balaban J connectivity index is 0.00000280. The van der Waals surface area contributed by atoms with E-state index in [1.165, 1.54) is 4.88 Å². The van der Waals surface area contributed by atoms with Crippen LogP contribution in [-0.2, 0) is 13.0 Å². The molecule has 1 aromatic carbocycles. The van der Waals surface area contributed by atoms with E-state index in [0.29, 0.717) is 29.2 Å². The maximum Gasteiger partial charge on any atom is 0.248 e. The van der Waals surface area contributed by atoms with Crippen LogP contribution in [0.4, 0.5) is 0 Å². The first-order valence-corrected chi connectivity index (χ1v) is 9.85. The number of aryl methyl sites for hydroxylation is 1. The van der Waals surface area contributed by atoms with Crippen LogP contribution in [0.2, 0.25) is 5.02 Å². The number of benzene rings is 1. The lowest BCUT2D eigenvalue weighted by Gasteiger charge is -2.09. The molecule has 0 saturated carbocycles. The maximum absolute atomic E-state index is 6.00. The molecule has 3 rings (SSSR count). The summed E-state index contributed by atoms with van der Waals surface area (Å²) in [5.74, 6) is 1.64. The zero-order valence-electron chi connectivity index (χ0n) is 15.6. The molecule has 0 radical (unpaired) electrons. The largest absolute Gasteiger partial charge is 0.357 e. The van der Waals surface area contributed by atoms with Crippen LogP contribution in [0, 0.1) is 6.92 Å². The van der Waals surface area contributed by atoms with Gasteiger partial charge < -0.3 is 15.2 Å². The fraction of sp³-hybridized carbons (Fsp3) is 0.333. The van der Waals surface area contributed by atoms with Crippen LogP contribution in [0.3, 0.4) is 0 Å². The highest BCUT2D eigenvalue weighted by Gasteiger charge is 2.09. The van der Waals surface area contributed by atoms with E-state index in [2.05, 4.69) is 37.7 Å². The average molecular weight is 533 g/mol. The van der Waals surface area contributed by atoms with Gasteiger partial charge in [-0.1, -0.05) is 28.9 Å². The van der Waals surface area contributed by atoms with Crippen LogP contribution >= 0.6 is 46.9 Å². The van der Waals surface area contributed by atoms with Gasteiger partial charge in [0.1, 0.15) is 6.54 Å². The second-order valence-electron chi connectivity index (χ2n) is 5.76. The SMILES string of the molecule is CCNC(=NCc1nc(-c2cccc(Cl)c2)no1)NCCc1ncc(C)s1.I. The van der Waals surface area contributed by atoms with E-state index in [1.54, 1.807) is 23.5 Å². The summed E-state index contributed by atoms with van der Waals surface area (Å²) in [4.78, 5) is 14.5. The van der Waals surface area contributed by atoms with Crippen LogP contribution in [-0.4, -0.2) is 34.2 Å². The van der Waals surface area contributed by atoms with Crippen molar-refractivity contribution in [1.29, 1.82) is 0 Å². The zero-order valence-corrected chi connectivity index (χ0v) is 19.5. The number of hydrogen-bond donors (Lipinski definition) is 2. The van der Waals surface area contributed by atoms with Crippen molar-refractivity contribution in [3.05, 3.63) is 51.3 Å². The highest BCUT2D eigenvalue weighted by atomic mass is 127. The molecule has 0 aliphatic carbocycles. The molecular formula is C18H22ClIN6OS. The van der Waals surface area contributed by atoms with Crippen molar-refractivity contribution in [3.8, 4) is 11.4 Å². The van der Waals surface area contributed by atoms with Gasteiger partial charge in [0.05, 0.1) is 5.01 Å². The normalized spacial score (nSPS) is 11.2. The molecule has 2 aromatic heterocycles.